The second-order valence-electron chi connectivity index (χ2n) is 3.44. The minimum Gasteiger partial charge on any atom is -0.508 e. The molecule has 0 saturated carbocycles. The van der Waals surface area contributed by atoms with Crippen LogP contribution < -0.4 is 10.9 Å². The summed E-state index contributed by atoms with van der Waals surface area (Å²) in [6, 6.07) is 0. The van der Waals surface area contributed by atoms with Gasteiger partial charge in [0, 0.05) is 0 Å². The first-order chi connectivity index (χ1) is 6.37. The number of benzene rings is 1. The molecule has 3 nitrogen and oxygen atoms in total. The zero-order valence-electron chi connectivity index (χ0n) is 8.07. The Morgan fingerprint density at radius 3 is 1.71 bits per heavy atom. The number of hydrogen-bond donors (Lipinski definition) is 3. The molecule has 3 N–H and O–H groups in total. The third-order valence-corrected chi connectivity index (χ3v) is 2.11. The molecule has 0 unspecified atom stereocenters. The van der Waals surface area contributed by atoms with Crippen molar-refractivity contribution in [1.29, 1.82) is 0 Å². The summed E-state index contributed by atoms with van der Waals surface area (Å²) in [5, 5.41) is 28.2. The lowest BCUT2D eigenvalue weighted by Gasteiger charge is -2.17. The predicted octanol–water partition coefficient (Wildman–Crippen LogP) is -0.486. The molecule has 0 spiro atoms. The molecule has 0 atom stereocenters. The summed E-state index contributed by atoms with van der Waals surface area (Å²) in [4.78, 5) is 0. The van der Waals surface area contributed by atoms with Gasteiger partial charge in [-0.3, -0.25) is 0 Å². The van der Waals surface area contributed by atoms with Crippen LogP contribution in [0.15, 0.2) is 0 Å². The fraction of sp³-hybridized carbons (Fsp3) is 0.333. The fourth-order valence-electron chi connectivity index (χ4n) is 1.35. The van der Waals surface area contributed by atoms with Crippen LogP contribution in [0.3, 0.4) is 0 Å². The van der Waals surface area contributed by atoms with Gasteiger partial charge in [0.25, 0.3) is 0 Å². The SMILES string of the molecule is [B]c1c(O)c(O)c([B])c(C(C)C)c1O. The molecule has 14 heavy (non-hydrogen) atoms. The fourth-order valence-corrected chi connectivity index (χ4v) is 1.35. The molecule has 0 bridgehead atoms. The summed E-state index contributed by atoms with van der Waals surface area (Å²) in [5.74, 6) is -1.43. The first-order valence-electron chi connectivity index (χ1n) is 4.19. The Balaban J connectivity index is 3.60. The number of rotatable bonds is 1. The minimum atomic E-state index is -0.579. The quantitative estimate of drug-likeness (QED) is 0.316. The lowest BCUT2D eigenvalue weighted by Crippen LogP contribution is -2.19. The van der Waals surface area contributed by atoms with Crippen LogP contribution in [0, 0.1) is 0 Å². The maximum Gasteiger partial charge on any atom is 0.153 e. The molecular formula is C9H10B2O3. The summed E-state index contributed by atoms with van der Waals surface area (Å²) >= 11 is 0. The molecule has 5 heteroatoms. The van der Waals surface area contributed by atoms with Crippen molar-refractivity contribution in [3.63, 3.8) is 0 Å². The number of aromatic hydroxyl groups is 3. The van der Waals surface area contributed by atoms with Gasteiger partial charge in [0.2, 0.25) is 0 Å². The molecule has 1 rings (SSSR count). The molecule has 0 fully saturated rings. The second-order valence-corrected chi connectivity index (χ2v) is 3.44. The van der Waals surface area contributed by atoms with Crippen molar-refractivity contribution in [2.24, 2.45) is 0 Å². The van der Waals surface area contributed by atoms with E-state index in [-0.39, 0.29) is 22.6 Å². The van der Waals surface area contributed by atoms with E-state index in [1.54, 1.807) is 13.8 Å². The highest BCUT2D eigenvalue weighted by Gasteiger charge is 2.18. The average Bonchev–Trinajstić information content (AvgIpc) is 2.11. The van der Waals surface area contributed by atoms with Gasteiger partial charge in [0.1, 0.15) is 27.2 Å². The van der Waals surface area contributed by atoms with Gasteiger partial charge in [-0.15, -0.1) is 0 Å². The van der Waals surface area contributed by atoms with Gasteiger partial charge in [-0.2, -0.15) is 0 Å². The van der Waals surface area contributed by atoms with Crippen molar-refractivity contribution in [2.75, 3.05) is 0 Å². The molecular weight excluding hydrogens is 178 g/mol. The average molecular weight is 188 g/mol. The standard InChI is InChI=1S/C9H10B2O3/c1-3(2)4-5(10)8(13)9(14)6(11)7(4)12/h3,12-14H,1-2H3. The van der Waals surface area contributed by atoms with E-state index >= 15 is 0 Å². The van der Waals surface area contributed by atoms with Crippen LogP contribution in [0.1, 0.15) is 25.3 Å². The van der Waals surface area contributed by atoms with Crippen LogP contribution in [0.25, 0.3) is 0 Å². The van der Waals surface area contributed by atoms with Crippen LogP contribution in [0.4, 0.5) is 0 Å². The molecule has 0 aliphatic heterocycles. The maximum atomic E-state index is 9.58. The lowest BCUT2D eigenvalue weighted by atomic mass is 9.78. The topological polar surface area (TPSA) is 60.7 Å². The van der Waals surface area contributed by atoms with Crippen molar-refractivity contribution in [1.82, 2.24) is 0 Å². The van der Waals surface area contributed by atoms with E-state index in [4.69, 9.17) is 15.7 Å². The summed E-state index contributed by atoms with van der Waals surface area (Å²) in [6.07, 6.45) is 0. The molecule has 0 aliphatic carbocycles. The van der Waals surface area contributed by atoms with E-state index in [9.17, 15) is 15.3 Å². The monoisotopic (exact) mass is 188 g/mol. The Kier molecular flexibility index (Phi) is 2.69. The molecule has 4 radical (unpaired) electrons. The van der Waals surface area contributed by atoms with Crippen molar-refractivity contribution in [3.05, 3.63) is 5.56 Å². The van der Waals surface area contributed by atoms with E-state index in [0.29, 0.717) is 5.56 Å². The molecule has 1 aromatic carbocycles. The first-order valence-corrected chi connectivity index (χ1v) is 4.19. The van der Waals surface area contributed by atoms with Crippen LogP contribution in [0.2, 0.25) is 0 Å². The Morgan fingerprint density at radius 1 is 0.857 bits per heavy atom. The zero-order chi connectivity index (χ0) is 11.0. The highest BCUT2D eigenvalue weighted by atomic mass is 16.3. The van der Waals surface area contributed by atoms with Gasteiger partial charge in [-0.05, 0) is 22.4 Å². The number of hydrogen-bond acceptors (Lipinski definition) is 3. The highest BCUT2D eigenvalue weighted by Crippen LogP contribution is 2.30. The molecule has 0 saturated heterocycles. The summed E-state index contributed by atoms with van der Waals surface area (Å²) in [6.45, 7) is 3.59. The maximum absolute atomic E-state index is 9.58. The summed E-state index contributed by atoms with van der Waals surface area (Å²) in [5.41, 5.74) is 0.0578. The van der Waals surface area contributed by atoms with E-state index < -0.39 is 11.5 Å². The van der Waals surface area contributed by atoms with Gasteiger partial charge in [-0.25, -0.2) is 0 Å². The Morgan fingerprint density at radius 2 is 1.29 bits per heavy atom. The third kappa shape index (κ3) is 1.43. The highest BCUT2D eigenvalue weighted by molar-refractivity contribution is 6.41. The zero-order valence-corrected chi connectivity index (χ0v) is 8.07. The van der Waals surface area contributed by atoms with Crippen molar-refractivity contribution in [3.8, 4) is 17.2 Å². The lowest BCUT2D eigenvalue weighted by molar-refractivity contribution is 0.402. The molecule has 1 aromatic rings. The summed E-state index contributed by atoms with van der Waals surface area (Å²) in [7, 11) is 10.9. The minimum absolute atomic E-state index is 0.0378. The van der Waals surface area contributed by atoms with Crippen LogP contribution >= 0.6 is 0 Å². The Labute approximate surface area is 85.2 Å². The number of phenols is 3. The van der Waals surface area contributed by atoms with Gasteiger partial charge in [0.15, 0.2) is 5.75 Å². The largest absolute Gasteiger partial charge is 0.508 e. The Bertz CT molecular complexity index is 346. The van der Waals surface area contributed by atoms with Crippen molar-refractivity contribution in [2.45, 2.75) is 19.8 Å². The van der Waals surface area contributed by atoms with Gasteiger partial charge in [0.05, 0.1) is 0 Å². The third-order valence-electron chi connectivity index (χ3n) is 2.11. The second kappa shape index (κ2) is 3.48. The smallest absolute Gasteiger partial charge is 0.153 e. The first kappa shape index (κ1) is 10.8. The predicted molar refractivity (Wildman–Crippen MR) is 56.3 cm³/mol. The summed E-state index contributed by atoms with van der Waals surface area (Å²) < 4.78 is 0. The van der Waals surface area contributed by atoms with Crippen LogP contribution in [-0.2, 0) is 0 Å². The van der Waals surface area contributed by atoms with Gasteiger partial charge in [-0.1, -0.05) is 13.8 Å². The molecule has 0 aromatic heterocycles. The molecule has 70 valence electrons. The van der Waals surface area contributed by atoms with Crippen LogP contribution in [0.5, 0.6) is 17.2 Å². The van der Waals surface area contributed by atoms with Gasteiger partial charge >= 0.3 is 0 Å². The number of phenolic OH excluding ortho intramolecular Hbond substituents is 3. The van der Waals surface area contributed by atoms with E-state index in [2.05, 4.69) is 0 Å². The van der Waals surface area contributed by atoms with Crippen LogP contribution in [-0.4, -0.2) is 31.0 Å². The Hall–Kier alpha value is -1.25. The normalized spacial score (nSPS) is 10.8. The van der Waals surface area contributed by atoms with E-state index in [1.807, 2.05) is 0 Å². The van der Waals surface area contributed by atoms with Crippen molar-refractivity contribution < 1.29 is 15.3 Å². The van der Waals surface area contributed by atoms with E-state index in [1.165, 1.54) is 0 Å². The van der Waals surface area contributed by atoms with Crippen molar-refractivity contribution >= 4 is 26.6 Å². The molecule has 0 amide bonds. The van der Waals surface area contributed by atoms with E-state index in [0.717, 1.165) is 0 Å². The molecule has 0 heterocycles. The van der Waals surface area contributed by atoms with Gasteiger partial charge < -0.3 is 15.3 Å². The molecule has 0 aliphatic rings.